The lowest BCUT2D eigenvalue weighted by Crippen LogP contribution is -2.26. The fraction of sp³-hybridized carbons (Fsp3) is 0.625. The highest BCUT2D eigenvalue weighted by Crippen LogP contribution is 2.24. The lowest BCUT2D eigenvalue weighted by molar-refractivity contribution is 0.167. The van der Waals surface area contributed by atoms with Gasteiger partial charge in [0.05, 0.1) is 12.6 Å². The molecule has 1 rings (SSSR count). The van der Waals surface area contributed by atoms with Crippen LogP contribution in [0.3, 0.4) is 0 Å². The van der Waals surface area contributed by atoms with Crippen molar-refractivity contribution in [3.63, 3.8) is 0 Å². The van der Waals surface area contributed by atoms with Gasteiger partial charge in [0.25, 0.3) is 0 Å². The Morgan fingerprint density at radius 1 is 1.17 bits per heavy atom. The Morgan fingerprint density at radius 3 is 2.22 bits per heavy atom. The molecule has 0 aromatic heterocycles. The van der Waals surface area contributed by atoms with E-state index in [0.717, 1.165) is 19.6 Å². The summed E-state index contributed by atoms with van der Waals surface area (Å²) in [6.07, 6.45) is 1.14. The highest BCUT2D eigenvalue weighted by molar-refractivity contribution is 5.29. The van der Waals surface area contributed by atoms with Gasteiger partial charge in [-0.3, -0.25) is 0 Å². The average Bonchev–Trinajstić information content (AvgIpc) is 2.33. The van der Waals surface area contributed by atoms with Crippen LogP contribution in [0.1, 0.15) is 51.3 Å². The first kappa shape index (κ1) is 15.2. The zero-order valence-electron chi connectivity index (χ0n) is 12.4. The smallest absolute Gasteiger partial charge is 0.0657 e. The SMILES string of the molecule is CCCNC(COC)c1ccc(C(C)(C)C)cc1. The van der Waals surface area contributed by atoms with E-state index in [0.29, 0.717) is 6.04 Å². The summed E-state index contributed by atoms with van der Waals surface area (Å²) in [5.41, 5.74) is 2.89. The Bertz CT molecular complexity index is 337. The number of methoxy groups -OCH3 is 1. The van der Waals surface area contributed by atoms with Gasteiger partial charge in [0, 0.05) is 7.11 Å². The van der Waals surface area contributed by atoms with Crippen molar-refractivity contribution in [2.45, 2.75) is 45.6 Å². The minimum atomic E-state index is 0.214. The van der Waals surface area contributed by atoms with Crippen LogP contribution < -0.4 is 5.32 Å². The first-order chi connectivity index (χ1) is 8.49. The molecule has 0 heterocycles. The summed E-state index contributed by atoms with van der Waals surface area (Å²) >= 11 is 0. The number of rotatable bonds is 6. The van der Waals surface area contributed by atoms with Gasteiger partial charge in [0.15, 0.2) is 0 Å². The molecule has 0 saturated heterocycles. The third kappa shape index (κ3) is 4.43. The third-order valence-electron chi connectivity index (χ3n) is 3.15. The molecule has 0 spiro atoms. The van der Waals surface area contributed by atoms with E-state index in [1.807, 2.05) is 0 Å². The monoisotopic (exact) mass is 249 g/mol. The van der Waals surface area contributed by atoms with E-state index in [2.05, 4.69) is 57.3 Å². The molecule has 0 bridgehead atoms. The molecule has 18 heavy (non-hydrogen) atoms. The van der Waals surface area contributed by atoms with Crippen molar-refractivity contribution in [2.24, 2.45) is 0 Å². The van der Waals surface area contributed by atoms with E-state index in [1.54, 1.807) is 7.11 Å². The summed E-state index contributed by atoms with van der Waals surface area (Å²) < 4.78 is 5.29. The quantitative estimate of drug-likeness (QED) is 0.830. The number of ether oxygens (including phenoxy) is 1. The molecule has 0 aliphatic heterocycles. The molecule has 1 atom stereocenters. The second-order valence-corrected chi connectivity index (χ2v) is 5.83. The second kappa shape index (κ2) is 6.91. The largest absolute Gasteiger partial charge is 0.383 e. The van der Waals surface area contributed by atoms with E-state index < -0.39 is 0 Å². The molecule has 1 aromatic rings. The molecule has 0 radical (unpaired) electrons. The van der Waals surface area contributed by atoms with E-state index in [9.17, 15) is 0 Å². The molecule has 1 N–H and O–H groups in total. The number of hydrogen-bond donors (Lipinski definition) is 1. The maximum Gasteiger partial charge on any atom is 0.0657 e. The maximum atomic E-state index is 5.29. The molecule has 0 amide bonds. The van der Waals surface area contributed by atoms with Gasteiger partial charge < -0.3 is 10.1 Å². The minimum absolute atomic E-state index is 0.214. The van der Waals surface area contributed by atoms with E-state index in [-0.39, 0.29) is 5.41 Å². The molecule has 1 aromatic carbocycles. The summed E-state index contributed by atoms with van der Waals surface area (Å²) in [6.45, 7) is 10.6. The number of benzene rings is 1. The van der Waals surface area contributed by atoms with Crippen molar-refractivity contribution in [3.8, 4) is 0 Å². The van der Waals surface area contributed by atoms with Crippen molar-refractivity contribution in [2.75, 3.05) is 20.3 Å². The van der Waals surface area contributed by atoms with Crippen LogP contribution in [0.25, 0.3) is 0 Å². The summed E-state index contributed by atoms with van der Waals surface area (Å²) in [6, 6.07) is 9.18. The van der Waals surface area contributed by atoms with Crippen LogP contribution in [0.5, 0.6) is 0 Å². The van der Waals surface area contributed by atoms with Crippen molar-refractivity contribution >= 4 is 0 Å². The van der Waals surface area contributed by atoms with E-state index in [1.165, 1.54) is 11.1 Å². The lowest BCUT2D eigenvalue weighted by atomic mass is 9.86. The molecular formula is C16H27NO. The van der Waals surface area contributed by atoms with Crippen LogP contribution in [-0.2, 0) is 10.2 Å². The molecule has 2 heteroatoms. The van der Waals surface area contributed by atoms with E-state index >= 15 is 0 Å². The molecule has 1 unspecified atom stereocenters. The van der Waals surface area contributed by atoms with E-state index in [4.69, 9.17) is 4.74 Å². The Morgan fingerprint density at radius 2 is 1.78 bits per heavy atom. The van der Waals surface area contributed by atoms with Crippen molar-refractivity contribution in [1.82, 2.24) is 5.32 Å². The predicted molar refractivity (Wildman–Crippen MR) is 78.1 cm³/mol. The Hall–Kier alpha value is -0.860. The van der Waals surface area contributed by atoms with Gasteiger partial charge in [-0.15, -0.1) is 0 Å². The standard InChI is InChI=1S/C16H27NO/c1-6-11-17-15(12-18-5)13-7-9-14(10-8-13)16(2,3)4/h7-10,15,17H,6,11-12H2,1-5H3. The first-order valence-corrected chi connectivity index (χ1v) is 6.81. The molecule has 0 saturated carbocycles. The predicted octanol–water partition coefficient (Wildman–Crippen LogP) is 3.67. The molecule has 0 aliphatic rings. The van der Waals surface area contributed by atoms with Gasteiger partial charge >= 0.3 is 0 Å². The summed E-state index contributed by atoms with van der Waals surface area (Å²) in [4.78, 5) is 0. The van der Waals surface area contributed by atoms with Crippen LogP contribution in [0.2, 0.25) is 0 Å². The molecule has 102 valence electrons. The van der Waals surface area contributed by atoms with Gasteiger partial charge in [0.1, 0.15) is 0 Å². The highest BCUT2D eigenvalue weighted by atomic mass is 16.5. The fourth-order valence-electron chi connectivity index (χ4n) is 1.97. The van der Waals surface area contributed by atoms with Gasteiger partial charge in [0.2, 0.25) is 0 Å². The maximum absolute atomic E-state index is 5.29. The lowest BCUT2D eigenvalue weighted by Gasteiger charge is -2.22. The van der Waals surface area contributed by atoms with Gasteiger partial charge in [-0.05, 0) is 29.5 Å². The van der Waals surface area contributed by atoms with Crippen LogP contribution in [0.15, 0.2) is 24.3 Å². The second-order valence-electron chi connectivity index (χ2n) is 5.83. The zero-order valence-corrected chi connectivity index (χ0v) is 12.4. The number of hydrogen-bond acceptors (Lipinski definition) is 2. The van der Waals surface area contributed by atoms with Crippen molar-refractivity contribution < 1.29 is 4.74 Å². The normalized spacial score (nSPS) is 13.6. The Kier molecular flexibility index (Phi) is 5.83. The van der Waals surface area contributed by atoms with Gasteiger partial charge in [-0.1, -0.05) is 52.0 Å². The first-order valence-electron chi connectivity index (χ1n) is 6.81. The summed E-state index contributed by atoms with van der Waals surface area (Å²) in [7, 11) is 1.75. The van der Waals surface area contributed by atoms with Crippen molar-refractivity contribution in [3.05, 3.63) is 35.4 Å². The Balaban J connectivity index is 2.79. The molecule has 0 fully saturated rings. The van der Waals surface area contributed by atoms with Crippen molar-refractivity contribution in [1.29, 1.82) is 0 Å². The molecule has 0 aliphatic carbocycles. The number of nitrogens with one attached hydrogen (secondary N) is 1. The third-order valence-corrected chi connectivity index (χ3v) is 3.15. The van der Waals surface area contributed by atoms with Crippen LogP contribution in [-0.4, -0.2) is 20.3 Å². The summed E-state index contributed by atoms with van der Waals surface area (Å²) in [5, 5.41) is 3.52. The van der Waals surface area contributed by atoms with Gasteiger partial charge in [-0.2, -0.15) is 0 Å². The molecule has 2 nitrogen and oxygen atoms in total. The zero-order chi connectivity index (χ0) is 13.6. The minimum Gasteiger partial charge on any atom is -0.383 e. The van der Waals surface area contributed by atoms with Crippen LogP contribution >= 0.6 is 0 Å². The Labute approximate surface area is 112 Å². The highest BCUT2D eigenvalue weighted by Gasteiger charge is 2.15. The summed E-state index contributed by atoms with van der Waals surface area (Å²) in [5.74, 6) is 0. The topological polar surface area (TPSA) is 21.3 Å². The van der Waals surface area contributed by atoms with Crippen LogP contribution in [0, 0.1) is 0 Å². The molecular weight excluding hydrogens is 222 g/mol. The van der Waals surface area contributed by atoms with Gasteiger partial charge in [-0.25, -0.2) is 0 Å². The fourth-order valence-corrected chi connectivity index (χ4v) is 1.97. The van der Waals surface area contributed by atoms with Crippen LogP contribution in [0.4, 0.5) is 0 Å². The average molecular weight is 249 g/mol.